The van der Waals surface area contributed by atoms with Crippen molar-refractivity contribution < 1.29 is 23.1 Å². The van der Waals surface area contributed by atoms with Crippen LogP contribution in [0.5, 0.6) is 5.75 Å². The number of rotatable bonds is 8. The molecule has 0 radical (unpaired) electrons. The molecule has 1 N–H and O–H groups in total. The summed E-state index contributed by atoms with van der Waals surface area (Å²) in [6.45, 7) is 5.00. The molecule has 0 unspecified atom stereocenters. The van der Waals surface area contributed by atoms with Crippen molar-refractivity contribution in [2.75, 3.05) is 19.7 Å². The second-order valence-electron chi connectivity index (χ2n) is 6.62. The van der Waals surface area contributed by atoms with Crippen LogP contribution in [0.25, 0.3) is 11.6 Å². The average Bonchev–Trinajstić information content (AvgIpc) is 3.22. The SMILES string of the molecule is C=CCOc1ccc(/C=C(/C(=O)O)c2ccc(S(=O)(=O)N3CCCCC3)s2)cc1. The minimum Gasteiger partial charge on any atom is -0.490 e. The Morgan fingerprint density at radius 1 is 1.14 bits per heavy atom. The lowest BCUT2D eigenvalue weighted by Gasteiger charge is -2.25. The van der Waals surface area contributed by atoms with Gasteiger partial charge in [-0.1, -0.05) is 31.2 Å². The van der Waals surface area contributed by atoms with Gasteiger partial charge in [-0.2, -0.15) is 4.31 Å². The van der Waals surface area contributed by atoms with Crippen LogP contribution < -0.4 is 4.74 Å². The number of hydrogen-bond acceptors (Lipinski definition) is 5. The smallest absolute Gasteiger partial charge is 0.337 e. The number of ether oxygens (including phenoxy) is 1. The zero-order chi connectivity index (χ0) is 20.9. The summed E-state index contributed by atoms with van der Waals surface area (Å²) in [5, 5.41) is 9.66. The van der Waals surface area contributed by atoms with E-state index in [0.29, 0.717) is 35.9 Å². The highest BCUT2D eigenvalue weighted by molar-refractivity contribution is 7.91. The molecule has 154 valence electrons. The number of hydrogen-bond donors (Lipinski definition) is 1. The zero-order valence-corrected chi connectivity index (χ0v) is 17.5. The number of nitrogens with zero attached hydrogens (tertiary/aromatic N) is 1. The molecule has 1 aliphatic heterocycles. The maximum absolute atomic E-state index is 12.8. The van der Waals surface area contributed by atoms with Crippen molar-refractivity contribution in [3.05, 3.63) is 59.5 Å². The van der Waals surface area contributed by atoms with Crippen LogP contribution in [0.4, 0.5) is 0 Å². The molecular formula is C21H23NO5S2. The molecule has 2 heterocycles. The van der Waals surface area contributed by atoms with Gasteiger partial charge in [0, 0.05) is 18.0 Å². The van der Waals surface area contributed by atoms with E-state index in [-0.39, 0.29) is 9.78 Å². The first-order chi connectivity index (χ1) is 13.9. The predicted octanol–water partition coefficient (Wildman–Crippen LogP) is 4.11. The summed E-state index contributed by atoms with van der Waals surface area (Å²) in [4.78, 5) is 12.2. The van der Waals surface area contributed by atoms with Gasteiger partial charge < -0.3 is 9.84 Å². The fraction of sp³-hybridized carbons (Fsp3) is 0.286. The molecule has 1 saturated heterocycles. The Labute approximate surface area is 174 Å². The van der Waals surface area contributed by atoms with E-state index in [1.807, 2.05) is 0 Å². The number of carboxylic acids is 1. The lowest BCUT2D eigenvalue weighted by atomic mass is 10.1. The van der Waals surface area contributed by atoms with E-state index in [2.05, 4.69) is 6.58 Å². The Balaban J connectivity index is 1.85. The third-order valence-corrected chi connectivity index (χ3v) is 8.03. The maximum Gasteiger partial charge on any atom is 0.337 e. The fourth-order valence-electron chi connectivity index (χ4n) is 3.06. The first kappa shape index (κ1) is 21.3. The van der Waals surface area contributed by atoms with Gasteiger partial charge in [-0.05, 0) is 48.7 Å². The molecule has 1 aromatic heterocycles. The van der Waals surface area contributed by atoms with Gasteiger partial charge in [-0.15, -0.1) is 11.3 Å². The van der Waals surface area contributed by atoms with Gasteiger partial charge in [0.25, 0.3) is 10.0 Å². The van der Waals surface area contributed by atoms with Gasteiger partial charge in [-0.25, -0.2) is 13.2 Å². The molecule has 0 bridgehead atoms. The lowest BCUT2D eigenvalue weighted by Crippen LogP contribution is -2.35. The van der Waals surface area contributed by atoms with E-state index in [0.717, 1.165) is 30.6 Å². The second kappa shape index (κ2) is 9.39. The zero-order valence-electron chi connectivity index (χ0n) is 15.9. The van der Waals surface area contributed by atoms with E-state index in [1.54, 1.807) is 36.4 Å². The lowest BCUT2D eigenvalue weighted by molar-refractivity contribution is -0.130. The van der Waals surface area contributed by atoms with E-state index in [4.69, 9.17) is 4.74 Å². The number of benzene rings is 1. The third-order valence-electron chi connectivity index (χ3n) is 4.55. The summed E-state index contributed by atoms with van der Waals surface area (Å²) in [7, 11) is -3.58. The quantitative estimate of drug-likeness (QED) is 0.500. The van der Waals surface area contributed by atoms with Crippen LogP contribution in [0.1, 0.15) is 29.7 Å². The summed E-state index contributed by atoms with van der Waals surface area (Å²) in [6.07, 6.45) is 5.91. The molecule has 2 aromatic rings. The number of aliphatic carboxylic acids is 1. The summed E-state index contributed by atoms with van der Waals surface area (Å²) < 4.78 is 32.7. The largest absolute Gasteiger partial charge is 0.490 e. The molecule has 1 fully saturated rings. The molecule has 0 saturated carbocycles. The maximum atomic E-state index is 12.8. The summed E-state index contributed by atoms with van der Waals surface area (Å²) in [5.74, 6) is -0.453. The third kappa shape index (κ3) is 5.14. The Morgan fingerprint density at radius 3 is 2.45 bits per heavy atom. The van der Waals surface area contributed by atoms with Crippen LogP contribution in [0.3, 0.4) is 0 Å². The number of carboxylic acid groups (broad SMARTS) is 1. The highest BCUT2D eigenvalue weighted by atomic mass is 32.2. The van der Waals surface area contributed by atoms with Crippen LogP contribution in [0, 0.1) is 0 Å². The van der Waals surface area contributed by atoms with Gasteiger partial charge in [0.05, 0.1) is 5.57 Å². The van der Waals surface area contributed by atoms with Crippen molar-refractivity contribution in [2.45, 2.75) is 23.5 Å². The molecule has 1 aliphatic rings. The number of carbonyl (C=O) groups is 1. The molecule has 6 nitrogen and oxygen atoms in total. The normalized spacial score (nSPS) is 15.8. The van der Waals surface area contributed by atoms with Gasteiger partial charge in [0.2, 0.25) is 0 Å². The highest BCUT2D eigenvalue weighted by Crippen LogP contribution is 2.32. The van der Waals surface area contributed by atoms with Gasteiger partial charge >= 0.3 is 5.97 Å². The average molecular weight is 434 g/mol. The Hall–Kier alpha value is -2.42. The van der Waals surface area contributed by atoms with E-state index in [1.165, 1.54) is 16.4 Å². The van der Waals surface area contributed by atoms with Crippen molar-refractivity contribution in [2.24, 2.45) is 0 Å². The van der Waals surface area contributed by atoms with E-state index < -0.39 is 16.0 Å². The minimum atomic E-state index is -3.58. The topological polar surface area (TPSA) is 83.9 Å². The Kier molecular flexibility index (Phi) is 6.89. The van der Waals surface area contributed by atoms with Gasteiger partial charge in [-0.3, -0.25) is 0 Å². The van der Waals surface area contributed by atoms with Crippen molar-refractivity contribution >= 4 is 39.0 Å². The van der Waals surface area contributed by atoms with Crippen molar-refractivity contribution in [1.29, 1.82) is 0 Å². The van der Waals surface area contributed by atoms with Crippen LogP contribution in [0.2, 0.25) is 0 Å². The molecule has 0 atom stereocenters. The minimum absolute atomic E-state index is 0.0508. The summed E-state index contributed by atoms with van der Waals surface area (Å²) >= 11 is 0.989. The molecule has 3 rings (SSSR count). The summed E-state index contributed by atoms with van der Waals surface area (Å²) in [5.41, 5.74) is 0.733. The van der Waals surface area contributed by atoms with Crippen molar-refractivity contribution in [1.82, 2.24) is 4.31 Å². The highest BCUT2D eigenvalue weighted by Gasteiger charge is 2.28. The van der Waals surface area contributed by atoms with Crippen molar-refractivity contribution in [3.63, 3.8) is 0 Å². The van der Waals surface area contributed by atoms with Crippen LogP contribution in [0.15, 0.2) is 53.3 Å². The van der Waals surface area contributed by atoms with Crippen LogP contribution >= 0.6 is 11.3 Å². The first-order valence-electron chi connectivity index (χ1n) is 9.31. The van der Waals surface area contributed by atoms with Gasteiger partial charge in [0.1, 0.15) is 16.6 Å². The monoisotopic (exact) mass is 433 g/mol. The Morgan fingerprint density at radius 2 is 1.83 bits per heavy atom. The molecule has 0 spiro atoms. The van der Waals surface area contributed by atoms with E-state index >= 15 is 0 Å². The van der Waals surface area contributed by atoms with Crippen LogP contribution in [-0.2, 0) is 14.8 Å². The standard InChI is InChI=1S/C21H23NO5S2/c1-2-14-27-17-8-6-16(7-9-17)15-18(21(23)24)19-10-11-20(28-19)29(25,26)22-12-4-3-5-13-22/h2,6-11,15H,1,3-5,12-14H2,(H,23,24)/b18-15+. The molecule has 8 heteroatoms. The van der Waals surface area contributed by atoms with Crippen molar-refractivity contribution in [3.8, 4) is 5.75 Å². The van der Waals surface area contributed by atoms with E-state index in [9.17, 15) is 18.3 Å². The molecular weight excluding hydrogens is 410 g/mol. The number of sulfonamides is 1. The second-order valence-corrected chi connectivity index (χ2v) is 9.86. The molecule has 29 heavy (non-hydrogen) atoms. The molecule has 0 amide bonds. The fourth-order valence-corrected chi connectivity index (χ4v) is 6.04. The van der Waals surface area contributed by atoms with Gasteiger partial charge in [0.15, 0.2) is 0 Å². The van der Waals surface area contributed by atoms with Crippen LogP contribution in [-0.4, -0.2) is 43.5 Å². The predicted molar refractivity (Wildman–Crippen MR) is 115 cm³/mol. The first-order valence-corrected chi connectivity index (χ1v) is 11.6. The summed E-state index contributed by atoms with van der Waals surface area (Å²) in [6, 6.07) is 10.0. The Bertz CT molecular complexity index is 1000. The number of piperidine rings is 1. The molecule has 0 aliphatic carbocycles. The molecule has 1 aromatic carbocycles. The number of thiophene rings is 1.